The fourth-order valence-electron chi connectivity index (χ4n) is 2.34. The number of hydrogen-bond acceptors (Lipinski definition) is 3. The molecule has 0 aromatic carbocycles. The lowest BCUT2D eigenvalue weighted by Crippen LogP contribution is -2.29. The van der Waals surface area contributed by atoms with Crippen LogP contribution in [-0.2, 0) is 0 Å². The number of hydrogen-bond donors (Lipinski definition) is 1. The molecule has 0 amide bonds. The summed E-state index contributed by atoms with van der Waals surface area (Å²) in [4.78, 5) is 16.6. The molecule has 0 unspecified atom stereocenters. The van der Waals surface area contributed by atoms with Crippen LogP contribution >= 0.6 is 0 Å². The molecule has 1 N–H and O–H groups in total. The van der Waals surface area contributed by atoms with Crippen LogP contribution in [0.15, 0.2) is 6.20 Å². The zero-order valence-corrected chi connectivity index (χ0v) is 11.0. The van der Waals surface area contributed by atoms with E-state index in [1.165, 1.54) is 11.8 Å². The van der Waals surface area contributed by atoms with Crippen molar-refractivity contribution in [3.63, 3.8) is 0 Å². The van der Waals surface area contributed by atoms with Gasteiger partial charge in [-0.2, -0.15) is 0 Å². The Morgan fingerprint density at radius 3 is 2.75 bits per heavy atom. The van der Waals surface area contributed by atoms with E-state index in [0.717, 1.165) is 6.20 Å². The third-order valence-electron chi connectivity index (χ3n) is 3.49. The van der Waals surface area contributed by atoms with Gasteiger partial charge in [0.15, 0.2) is 0 Å². The maximum absolute atomic E-state index is 13.4. The van der Waals surface area contributed by atoms with Crippen LogP contribution < -0.4 is 4.90 Å². The monoisotopic (exact) mass is 288 g/mol. The van der Waals surface area contributed by atoms with Gasteiger partial charge in [-0.15, -0.1) is 0 Å². The van der Waals surface area contributed by atoms with Gasteiger partial charge < -0.3 is 10.0 Å². The topological polar surface area (TPSA) is 53.4 Å². The molecule has 1 aliphatic heterocycles. The molecule has 1 aromatic heterocycles. The van der Waals surface area contributed by atoms with E-state index in [0.29, 0.717) is 0 Å². The highest BCUT2D eigenvalue weighted by atomic mass is 19.3. The Morgan fingerprint density at radius 1 is 1.40 bits per heavy atom. The lowest BCUT2D eigenvalue weighted by atomic mass is 10.1. The lowest BCUT2D eigenvalue weighted by molar-refractivity contribution is -0.0102. The van der Waals surface area contributed by atoms with Crippen LogP contribution in [0.5, 0.6) is 0 Å². The van der Waals surface area contributed by atoms with Crippen molar-refractivity contribution in [2.24, 2.45) is 0 Å². The van der Waals surface area contributed by atoms with Gasteiger partial charge in [0, 0.05) is 31.5 Å². The summed E-state index contributed by atoms with van der Waals surface area (Å²) >= 11 is 0. The molecule has 110 valence electrons. The van der Waals surface area contributed by atoms with Crippen LogP contribution in [-0.4, -0.2) is 35.1 Å². The summed E-state index contributed by atoms with van der Waals surface area (Å²) in [6.07, 6.45) is 0.584. The molecule has 0 aliphatic carbocycles. The van der Waals surface area contributed by atoms with Gasteiger partial charge in [0.05, 0.1) is 6.20 Å². The molecule has 0 atom stereocenters. The molecule has 0 bridgehead atoms. The average Bonchev–Trinajstić information content (AvgIpc) is 2.53. The zero-order chi connectivity index (χ0) is 14.9. The number of pyridine rings is 1. The Balaban J connectivity index is 2.38. The molecule has 1 fully saturated rings. The Morgan fingerprint density at radius 2 is 2.10 bits per heavy atom. The quantitative estimate of drug-likeness (QED) is 0.909. The minimum Gasteiger partial charge on any atom is -0.478 e. The Kier molecular flexibility index (Phi) is 3.87. The summed E-state index contributed by atoms with van der Waals surface area (Å²) in [5.41, 5.74) is -0.284. The van der Waals surface area contributed by atoms with Gasteiger partial charge in [-0.1, -0.05) is 0 Å². The van der Waals surface area contributed by atoms with Crippen molar-refractivity contribution in [2.45, 2.75) is 32.1 Å². The molecule has 2 heterocycles. The molecule has 0 radical (unpaired) electrons. The standard InChI is InChI=1S/C13H15F3N2O2/c1-8-9(14)7-17-11(10(8)12(19)20)18-5-2-3-13(15,16)4-6-18/h7H,2-6H2,1H3,(H,19,20). The van der Waals surface area contributed by atoms with Crippen LogP contribution in [0.1, 0.15) is 35.2 Å². The number of aromatic nitrogens is 1. The number of carbonyl (C=O) groups is 1. The first-order valence-electron chi connectivity index (χ1n) is 6.33. The van der Waals surface area contributed by atoms with Gasteiger partial charge in [-0.3, -0.25) is 0 Å². The van der Waals surface area contributed by atoms with Gasteiger partial charge in [-0.25, -0.2) is 22.9 Å². The molecule has 4 nitrogen and oxygen atoms in total. The first kappa shape index (κ1) is 14.6. The largest absolute Gasteiger partial charge is 0.478 e. The molecule has 20 heavy (non-hydrogen) atoms. The Labute approximate surface area is 114 Å². The first-order valence-corrected chi connectivity index (χ1v) is 6.33. The maximum atomic E-state index is 13.4. The van der Waals surface area contributed by atoms with E-state index in [4.69, 9.17) is 0 Å². The van der Waals surface area contributed by atoms with Gasteiger partial charge in [0.25, 0.3) is 0 Å². The van der Waals surface area contributed by atoms with Crippen molar-refractivity contribution in [3.05, 3.63) is 23.1 Å². The number of halogens is 3. The van der Waals surface area contributed by atoms with Gasteiger partial charge in [0.1, 0.15) is 17.2 Å². The normalized spacial score (nSPS) is 18.7. The van der Waals surface area contributed by atoms with E-state index >= 15 is 0 Å². The first-order chi connectivity index (χ1) is 9.32. The molecule has 1 saturated heterocycles. The van der Waals surface area contributed by atoms with Crippen LogP contribution in [0.2, 0.25) is 0 Å². The summed E-state index contributed by atoms with van der Waals surface area (Å²) in [5.74, 6) is -4.70. The number of nitrogens with zero attached hydrogens (tertiary/aromatic N) is 2. The van der Waals surface area contributed by atoms with Crippen LogP contribution in [0, 0.1) is 12.7 Å². The minimum atomic E-state index is -2.74. The van der Waals surface area contributed by atoms with Gasteiger partial charge in [0.2, 0.25) is 5.92 Å². The number of carboxylic acid groups (broad SMARTS) is 1. The molecular formula is C13H15F3N2O2. The molecule has 0 saturated carbocycles. The highest BCUT2D eigenvalue weighted by Crippen LogP contribution is 2.31. The number of alkyl halides is 2. The van der Waals surface area contributed by atoms with Gasteiger partial charge >= 0.3 is 5.97 Å². The van der Waals surface area contributed by atoms with E-state index in [9.17, 15) is 23.1 Å². The molecule has 2 rings (SSSR count). The van der Waals surface area contributed by atoms with Crippen molar-refractivity contribution in [1.29, 1.82) is 0 Å². The van der Waals surface area contributed by atoms with E-state index in [-0.39, 0.29) is 49.3 Å². The van der Waals surface area contributed by atoms with Crippen LogP contribution in [0.3, 0.4) is 0 Å². The van der Waals surface area contributed by atoms with Gasteiger partial charge in [-0.05, 0) is 13.3 Å². The number of anilines is 1. The second-order valence-electron chi connectivity index (χ2n) is 4.93. The fraction of sp³-hybridized carbons (Fsp3) is 0.538. The lowest BCUT2D eigenvalue weighted by Gasteiger charge is -2.24. The fourth-order valence-corrected chi connectivity index (χ4v) is 2.34. The van der Waals surface area contributed by atoms with Crippen LogP contribution in [0.25, 0.3) is 0 Å². The molecule has 7 heteroatoms. The third-order valence-corrected chi connectivity index (χ3v) is 3.49. The maximum Gasteiger partial charge on any atom is 0.339 e. The summed E-state index contributed by atoms with van der Waals surface area (Å²) in [6.45, 7) is 1.63. The van der Waals surface area contributed by atoms with E-state index < -0.39 is 17.7 Å². The second kappa shape index (κ2) is 5.30. The minimum absolute atomic E-state index is 0.00531. The zero-order valence-electron chi connectivity index (χ0n) is 11.0. The van der Waals surface area contributed by atoms with Crippen molar-refractivity contribution >= 4 is 11.8 Å². The SMILES string of the molecule is Cc1c(F)cnc(N2CCCC(F)(F)CC2)c1C(=O)O. The van der Waals surface area contributed by atoms with Crippen molar-refractivity contribution in [2.75, 3.05) is 18.0 Å². The Hall–Kier alpha value is -1.79. The predicted octanol–water partition coefficient (Wildman–Crippen LogP) is 2.85. The van der Waals surface area contributed by atoms with E-state index in [1.54, 1.807) is 0 Å². The summed E-state index contributed by atoms with van der Waals surface area (Å²) in [5, 5.41) is 9.19. The highest BCUT2D eigenvalue weighted by molar-refractivity contribution is 5.95. The summed E-state index contributed by atoms with van der Waals surface area (Å²) < 4.78 is 40.1. The van der Waals surface area contributed by atoms with Crippen molar-refractivity contribution in [1.82, 2.24) is 4.98 Å². The van der Waals surface area contributed by atoms with Crippen molar-refractivity contribution in [3.8, 4) is 0 Å². The highest BCUT2D eigenvalue weighted by Gasteiger charge is 2.33. The number of carboxylic acids is 1. The van der Waals surface area contributed by atoms with E-state index in [1.807, 2.05) is 0 Å². The molecule has 1 aliphatic rings. The van der Waals surface area contributed by atoms with Crippen molar-refractivity contribution < 1.29 is 23.1 Å². The Bertz CT molecular complexity index is 535. The number of aromatic carboxylic acids is 1. The molecular weight excluding hydrogens is 273 g/mol. The number of rotatable bonds is 2. The smallest absolute Gasteiger partial charge is 0.339 e. The average molecular weight is 288 g/mol. The summed E-state index contributed by atoms with van der Waals surface area (Å²) in [6, 6.07) is 0. The van der Waals surface area contributed by atoms with Crippen LogP contribution in [0.4, 0.5) is 19.0 Å². The summed E-state index contributed by atoms with van der Waals surface area (Å²) in [7, 11) is 0. The second-order valence-corrected chi connectivity index (χ2v) is 4.93. The van der Waals surface area contributed by atoms with E-state index in [2.05, 4.69) is 4.98 Å². The third kappa shape index (κ3) is 2.86. The molecule has 0 spiro atoms. The molecule has 1 aromatic rings. The predicted molar refractivity (Wildman–Crippen MR) is 66.9 cm³/mol.